The van der Waals surface area contributed by atoms with Crippen LogP contribution in [0.5, 0.6) is 5.75 Å². The number of anilines is 1. The Balaban J connectivity index is 1.90. The van der Waals surface area contributed by atoms with Crippen LogP contribution < -0.4 is 10.1 Å². The van der Waals surface area contributed by atoms with Crippen molar-refractivity contribution in [1.82, 2.24) is 4.98 Å². The molecule has 0 aliphatic heterocycles. The molecule has 0 fully saturated rings. The molecule has 1 N–H and O–H groups in total. The predicted molar refractivity (Wildman–Crippen MR) is 102 cm³/mol. The van der Waals surface area contributed by atoms with Gasteiger partial charge in [0.2, 0.25) is 5.89 Å². The van der Waals surface area contributed by atoms with Gasteiger partial charge in [0.05, 0.1) is 27.4 Å². The molecule has 0 aliphatic rings. The van der Waals surface area contributed by atoms with Crippen LogP contribution in [-0.2, 0) is 19.1 Å². The molecule has 144 valence electrons. The maximum absolute atomic E-state index is 11.9. The quantitative estimate of drug-likeness (QED) is 0.513. The fourth-order valence-electron chi connectivity index (χ4n) is 2.45. The van der Waals surface area contributed by atoms with Crippen LogP contribution in [0.3, 0.4) is 0 Å². The standard InChI is InChI=1S/C20H18N2O6/c1-25-14-7-4-12(5-8-14)19-22-15-10-13(6-9-17(15)28-19)21-16(20(24)27-3)11-18(23)26-2/h4-11,21H,1-3H3/b16-11+. The summed E-state index contributed by atoms with van der Waals surface area (Å²) in [5, 5.41) is 2.84. The largest absolute Gasteiger partial charge is 0.497 e. The van der Waals surface area contributed by atoms with Crippen LogP contribution in [0.25, 0.3) is 22.6 Å². The zero-order valence-corrected chi connectivity index (χ0v) is 15.5. The summed E-state index contributed by atoms with van der Waals surface area (Å²) in [6, 6.07) is 12.4. The van der Waals surface area contributed by atoms with E-state index >= 15 is 0 Å². The molecule has 0 saturated carbocycles. The molecule has 1 heterocycles. The Morgan fingerprint density at radius 2 is 1.79 bits per heavy atom. The number of carbonyl (C=O) groups excluding carboxylic acids is 2. The van der Waals surface area contributed by atoms with Crippen molar-refractivity contribution in [1.29, 1.82) is 0 Å². The number of fused-ring (bicyclic) bond motifs is 1. The second-order valence-corrected chi connectivity index (χ2v) is 5.63. The van der Waals surface area contributed by atoms with Gasteiger partial charge in [-0.1, -0.05) is 0 Å². The average Bonchev–Trinajstić information content (AvgIpc) is 3.16. The summed E-state index contributed by atoms with van der Waals surface area (Å²) in [7, 11) is 4.03. The van der Waals surface area contributed by atoms with Crippen LogP contribution in [-0.4, -0.2) is 38.3 Å². The molecule has 0 saturated heterocycles. The molecular weight excluding hydrogens is 364 g/mol. The van der Waals surface area contributed by atoms with Gasteiger partial charge in [-0.25, -0.2) is 14.6 Å². The lowest BCUT2D eigenvalue weighted by molar-refractivity contribution is -0.138. The van der Waals surface area contributed by atoms with Gasteiger partial charge >= 0.3 is 11.9 Å². The maximum atomic E-state index is 11.9. The molecule has 8 nitrogen and oxygen atoms in total. The fraction of sp³-hybridized carbons (Fsp3) is 0.150. The van der Waals surface area contributed by atoms with Crippen molar-refractivity contribution < 1.29 is 28.2 Å². The molecule has 0 bridgehead atoms. The minimum Gasteiger partial charge on any atom is -0.497 e. The molecule has 28 heavy (non-hydrogen) atoms. The molecule has 1 aromatic heterocycles. The van der Waals surface area contributed by atoms with Gasteiger partial charge in [0, 0.05) is 11.3 Å². The number of rotatable bonds is 6. The molecule has 8 heteroatoms. The molecule has 0 amide bonds. The zero-order valence-electron chi connectivity index (χ0n) is 15.5. The molecule has 2 aromatic carbocycles. The summed E-state index contributed by atoms with van der Waals surface area (Å²) in [5.41, 5.74) is 2.42. The molecule has 0 radical (unpaired) electrons. The Bertz CT molecular complexity index is 1040. The first-order chi connectivity index (χ1) is 13.5. The lowest BCUT2D eigenvalue weighted by Crippen LogP contribution is -2.15. The monoisotopic (exact) mass is 382 g/mol. The molecule has 0 aliphatic carbocycles. The van der Waals surface area contributed by atoms with Gasteiger partial charge in [0.25, 0.3) is 0 Å². The summed E-state index contributed by atoms with van der Waals surface area (Å²) in [5.74, 6) is -0.200. The highest BCUT2D eigenvalue weighted by atomic mass is 16.5. The lowest BCUT2D eigenvalue weighted by Gasteiger charge is -2.08. The highest BCUT2D eigenvalue weighted by molar-refractivity contribution is 5.99. The van der Waals surface area contributed by atoms with Gasteiger partial charge < -0.3 is 23.9 Å². The number of methoxy groups -OCH3 is 3. The summed E-state index contributed by atoms with van der Waals surface area (Å²) in [4.78, 5) is 27.8. The smallest absolute Gasteiger partial charge is 0.354 e. The predicted octanol–water partition coefficient (Wildman–Crippen LogP) is 3.15. The second kappa shape index (κ2) is 8.26. The lowest BCUT2D eigenvalue weighted by atomic mass is 10.2. The van der Waals surface area contributed by atoms with Crippen molar-refractivity contribution in [3.63, 3.8) is 0 Å². The summed E-state index contributed by atoms with van der Waals surface area (Å²) < 4.78 is 20.2. The van der Waals surface area contributed by atoms with Crippen molar-refractivity contribution in [2.75, 3.05) is 26.6 Å². The van der Waals surface area contributed by atoms with Crippen LogP contribution in [0.4, 0.5) is 5.69 Å². The van der Waals surface area contributed by atoms with Crippen LogP contribution in [0.1, 0.15) is 0 Å². The average molecular weight is 382 g/mol. The highest BCUT2D eigenvalue weighted by Crippen LogP contribution is 2.27. The van der Waals surface area contributed by atoms with Gasteiger partial charge in [-0.3, -0.25) is 0 Å². The Labute approximate surface area is 160 Å². The number of esters is 2. The van der Waals surface area contributed by atoms with E-state index in [0.29, 0.717) is 22.7 Å². The normalized spacial score (nSPS) is 11.2. The summed E-state index contributed by atoms with van der Waals surface area (Å²) in [6.45, 7) is 0. The first-order valence-corrected chi connectivity index (χ1v) is 8.24. The number of hydrogen-bond acceptors (Lipinski definition) is 8. The molecule has 0 atom stereocenters. The minimum absolute atomic E-state index is 0.0624. The molecule has 3 rings (SSSR count). The van der Waals surface area contributed by atoms with Crippen LogP contribution >= 0.6 is 0 Å². The van der Waals surface area contributed by atoms with E-state index in [1.807, 2.05) is 24.3 Å². The van der Waals surface area contributed by atoms with E-state index in [9.17, 15) is 9.59 Å². The van der Waals surface area contributed by atoms with Crippen LogP contribution in [0.15, 0.2) is 58.7 Å². The fourth-order valence-corrected chi connectivity index (χ4v) is 2.45. The number of nitrogens with zero attached hydrogens (tertiary/aromatic N) is 1. The zero-order chi connectivity index (χ0) is 20.1. The summed E-state index contributed by atoms with van der Waals surface area (Å²) in [6.07, 6.45) is 1.02. The Kier molecular flexibility index (Phi) is 5.59. The van der Waals surface area contributed by atoms with Gasteiger partial charge in [0.15, 0.2) is 5.58 Å². The molecule has 3 aromatic rings. The van der Waals surface area contributed by atoms with Crippen molar-refractivity contribution in [2.24, 2.45) is 0 Å². The molecule has 0 spiro atoms. The van der Waals surface area contributed by atoms with Gasteiger partial charge in [-0.15, -0.1) is 0 Å². The number of ether oxygens (including phenoxy) is 3. The van der Waals surface area contributed by atoms with Crippen molar-refractivity contribution in [3.8, 4) is 17.2 Å². The van der Waals surface area contributed by atoms with E-state index in [1.54, 1.807) is 25.3 Å². The van der Waals surface area contributed by atoms with E-state index < -0.39 is 11.9 Å². The topological polar surface area (TPSA) is 99.9 Å². The first kappa shape index (κ1) is 19.0. The number of benzene rings is 2. The third-order valence-corrected chi connectivity index (χ3v) is 3.87. The van der Waals surface area contributed by atoms with Crippen molar-refractivity contribution in [3.05, 3.63) is 54.2 Å². The third-order valence-electron chi connectivity index (χ3n) is 3.87. The summed E-state index contributed by atoms with van der Waals surface area (Å²) >= 11 is 0. The third kappa shape index (κ3) is 4.12. The Hall–Kier alpha value is -3.81. The van der Waals surface area contributed by atoms with Crippen molar-refractivity contribution in [2.45, 2.75) is 0 Å². The Morgan fingerprint density at radius 3 is 2.43 bits per heavy atom. The number of aromatic nitrogens is 1. The van der Waals surface area contributed by atoms with Gasteiger partial charge in [0.1, 0.15) is 17.0 Å². The van der Waals surface area contributed by atoms with Crippen molar-refractivity contribution >= 4 is 28.7 Å². The minimum atomic E-state index is -0.704. The van der Waals surface area contributed by atoms with E-state index in [1.165, 1.54) is 14.2 Å². The van der Waals surface area contributed by atoms with E-state index in [0.717, 1.165) is 17.4 Å². The number of oxazole rings is 1. The van der Waals surface area contributed by atoms with Gasteiger partial charge in [-0.2, -0.15) is 0 Å². The van der Waals surface area contributed by atoms with E-state index in [-0.39, 0.29) is 5.70 Å². The number of nitrogens with one attached hydrogen (secondary N) is 1. The van der Waals surface area contributed by atoms with E-state index in [4.69, 9.17) is 9.15 Å². The first-order valence-electron chi connectivity index (χ1n) is 8.24. The van der Waals surface area contributed by atoms with Crippen LogP contribution in [0, 0.1) is 0 Å². The number of hydrogen-bond donors (Lipinski definition) is 1. The van der Waals surface area contributed by atoms with Crippen LogP contribution in [0.2, 0.25) is 0 Å². The molecule has 0 unspecified atom stereocenters. The van der Waals surface area contributed by atoms with E-state index in [2.05, 4.69) is 19.8 Å². The molecular formula is C20H18N2O6. The SMILES string of the molecule is COC(=O)/C=C(/Nc1ccc2oc(-c3ccc(OC)cc3)nc2c1)C(=O)OC. The maximum Gasteiger partial charge on any atom is 0.354 e. The number of carbonyl (C=O) groups is 2. The highest BCUT2D eigenvalue weighted by Gasteiger charge is 2.14. The van der Waals surface area contributed by atoms with Gasteiger partial charge in [-0.05, 0) is 42.5 Å². The second-order valence-electron chi connectivity index (χ2n) is 5.63. The Morgan fingerprint density at radius 1 is 1.04 bits per heavy atom.